The molecule has 0 saturated carbocycles. The van der Waals surface area contributed by atoms with Crippen LogP contribution in [0.5, 0.6) is 23.1 Å². The molecule has 0 amide bonds. The molecule has 0 aliphatic carbocycles. The third-order valence-corrected chi connectivity index (χ3v) is 4.90. The standard InChI is InChI=1S/C16H15N4O.C9H13NO3.Y/c1-20(2)12-5-8-14-15(9-12)18-10-19-16(14)21-13-6-3-11(17)4-7-13;1-12-8-4-3-7(6-10-11)5-9(8)13-2;/h3-10,17H,1-2H3;3-5,10-11H,6H2,1-2H3;/q-1;;. The summed E-state index contributed by atoms with van der Waals surface area (Å²) in [5.74, 6) is 2.52. The Morgan fingerprint density at radius 1 is 0.914 bits per heavy atom. The molecule has 0 bridgehead atoms. The Kier molecular flexibility index (Phi) is 11.1. The summed E-state index contributed by atoms with van der Waals surface area (Å²) in [6.07, 6.45) is 1.50. The van der Waals surface area contributed by atoms with E-state index in [9.17, 15) is 0 Å². The van der Waals surface area contributed by atoms with E-state index in [1.54, 1.807) is 44.6 Å². The maximum Gasteiger partial charge on any atom is 0.230 e. The molecule has 181 valence electrons. The number of fused-ring (bicyclic) bond motifs is 1. The van der Waals surface area contributed by atoms with Crippen molar-refractivity contribution in [3.8, 4) is 23.1 Å². The zero-order valence-electron chi connectivity index (χ0n) is 20.1. The molecule has 0 fully saturated rings. The van der Waals surface area contributed by atoms with Crippen LogP contribution in [0.25, 0.3) is 16.6 Å². The molecule has 4 rings (SSSR count). The molecule has 0 aliphatic rings. The number of anilines is 1. The normalized spacial score (nSPS) is 9.97. The molecule has 0 saturated heterocycles. The van der Waals surface area contributed by atoms with Gasteiger partial charge in [0.05, 0.1) is 25.1 Å². The van der Waals surface area contributed by atoms with Crippen LogP contribution in [0.4, 0.5) is 11.4 Å². The number of hydrogen-bond acceptors (Lipinski definition) is 8. The van der Waals surface area contributed by atoms with Gasteiger partial charge in [-0.1, -0.05) is 18.2 Å². The Balaban J connectivity index is 0.000000268. The predicted molar refractivity (Wildman–Crippen MR) is 133 cm³/mol. The molecule has 3 aromatic carbocycles. The van der Waals surface area contributed by atoms with E-state index < -0.39 is 0 Å². The first-order chi connectivity index (χ1) is 16.4. The number of aromatic nitrogens is 2. The summed E-state index contributed by atoms with van der Waals surface area (Å²) in [6.45, 7) is 0.389. The van der Waals surface area contributed by atoms with Crippen molar-refractivity contribution in [2.75, 3.05) is 33.2 Å². The first kappa shape index (κ1) is 28.3. The maximum absolute atomic E-state index is 8.49. The van der Waals surface area contributed by atoms with E-state index in [-0.39, 0.29) is 32.7 Å². The molecule has 4 aromatic rings. The minimum atomic E-state index is 0. The third-order valence-electron chi connectivity index (χ3n) is 4.90. The maximum atomic E-state index is 8.49. The molecule has 0 aliphatic heterocycles. The van der Waals surface area contributed by atoms with Crippen LogP contribution in [0.1, 0.15) is 5.56 Å². The molecule has 0 spiro atoms. The molecule has 0 unspecified atom stereocenters. The van der Waals surface area contributed by atoms with E-state index in [0.717, 1.165) is 22.2 Å². The fourth-order valence-corrected chi connectivity index (χ4v) is 3.10. The Morgan fingerprint density at radius 2 is 1.63 bits per heavy atom. The van der Waals surface area contributed by atoms with Crippen molar-refractivity contribution in [1.29, 1.82) is 0 Å². The fraction of sp³-hybridized carbons (Fsp3) is 0.200. The Labute approximate surface area is 230 Å². The smallest absolute Gasteiger partial charge is 0.230 e. The van der Waals surface area contributed by atoms with Crippen molar-refractivity contribution in [2.45, 2.75) is 6.54 Å². The number of nitrogens with one attached hydrogen (secondary N) is 2. The molecule has 1 aromatic heterocycles. The zero-order valence-corrected chi connectivity index (χ0v) is 23.0. The van der Waals surface area contributed by atoms with Crippen molar-refractivity contribution < 1.29 is 52.1 Å². The summed E-state index contributed by atoms with van der Waals surface area (Å²) in [4.78, 5) is 10.5. The third kappa shape index (κ3) is 7.76. The van der Waals surface area contributed by atoms with Gasteiger partial charge in [0.25, 0.3) is 0 Å². The molecular weight excluding hydrogens is 523 g/mol. The molecule has 1 heterocycles. The molecule has 1 radical (unpaired) electrons. The van der Waals surface area contributed by atoms with E-state index in [4.69, 9.17) is 25.2 Å². The van der Waals surface area contributed by atoms with E-state index in [0.29, 0.717) is 35.4 Å². The molecular formula is C25H28N5O4Y-. The van der Waals surface area contributed by atoms with E-state index in [1.807, 2.05) is 49.3 Å². The number of nitrogens with zero attached hydrogens (tertiary/aromatic N) is 3. The second-order valence-electron chi connectivity index (χ2n) is 7.43. The monoisotopic (exact) mass is 551 g/mol. The van der Waals surface area contributed by atoms with Gasteiger partial charge in [-0.05, 0) is 48.0 Å². The SMILES string of the molecule is CN(C)c1ccc2c(Oc3ccc([NH-])cc3)ncnc2c1.COc1ccc(CNO)cc1OC.[Y]. The van der Waals surface area contributed by atoms with Gasteiger partial charge in [0.1, 0.15) is 12.1 Å². The van der Waals surface area contributed by atoms with Gasteiger partial charge in [-0.2, -0.15) is 0 Å². The minimum Gasteiger partial charge on any atom is -0.699 e. The largest absolute Gasteiger partial charge is 0.699 e. The first-order valence-corrected chi connectivity index (χ1v) is 10.4. The fourth-order valence-electron chi connectivity index (χ4n) is 3.10. The first-order valence-electron chi connectivity index (χ1n) is 10.4. The molecule has 0 atom stereocenters. The Bertz CT molecular complexity index is 1220. The second kappa shape index (κ2) is 13.8. The van der Waals surface area contributed by atoms with Gasteiger partial charge in [-0.3, -0.25) is 0 Å². The summed E-state index contributed by atoms with van der Waals surface area (Å²) >= 11 is 0. The van der Waals surface area contributed by atoms with Crippen molar-refractivity contribution in [1.82, 2.24) is 15.4 Å². The van der Waals surface area contributed by atoms with Gasteiger partial charge >= 0.3 is 0 Å². The van der Waals surface area contributed by atoms with E-state index in [1.165, 1.54) is 6.33 Å². The van der Waals surface area contributed by atoms with Crippen LogP contribution in [-0.4, -0.2) is 43.5 Å². The van der Waals surface area contributed by atoms with Crippen LogP contribution < -0.4 is 24.6 Å². The van der Waals surface area contributed by atoms with Gasteiger partial charge in [-0.25, -0.2) is 15.4 Å². The summed E-state index contributed by atoms with van der Waals surface area (Å²) in [5.41, 5.74) is 12.8. The van der Waals surface area contributed by atoms with E-state index in [2.05, 4.69) is 15.4 Å². The number of hydrogen-bond donors (Lipinski definition) is 2. The molecule has 9 nitrogen and oxygen atoms in total. The van der Waals surface area contributed by atoms with E-state index >= 15 is 0 Å². The average molecular weight is 551 g/mol. The Hall–Kier alpha value is -2.98. The van der Waals surface area contributed by atoms with Crippen LogP contribution in [0, 0.1) is 0 Å². The molecule has 35 heavy (non-hydrogen) atoms. The van der Waals surface area contributed by atoms with Gasteiger partial charge < -0.3 is 30.1 Å². The molecule has 10 heteroatoms. The number of ether oxygens (including phenoxy) is 3. The van der Waals surface area contributed by atoms with Crippen LogP contribution in [0.2, 0.25) is 0 Å². The number of methoxy groups -OCH3 is 2. The number of benzene rings is 3. The molecule has 3 N–H and O–H groups in total. The van der Waals surface area contributed by atoms with Crippen LogP contribution in [0.15, 0.2) is 67.0 Å². The summed E-state index contributed by atoms with van der Waals surface area (Å²) in [5, 5.41) is 9.35. The van der Waals surface area contributed by atoms with Gasteiger partial charge in [0, 0.05) is 59.0 Å². The topological polar surface area (TPSA) is 113 Å². The van der Waals surface area contributed by atoms with Gasteiger partial charge in [-0.15, -0.1) is 5.69 Å². The van der Waals surface area contributed by atoms with Crippen molar-refractivity contribution in [3.63, 3.8) is 0 Å². The van der Waals surface area contributed by atoms with Crippen molar-refractivity contribution in [3.05, 3.63) is 78.3 Å². The van der Waals surface area contributed by atoms with Gasteiger partial charge in [0.15, 0.2) is 11.5 Å². The minimum absolute atomic E-state index is 0. The summed E-state index contributed by atoms with van der Waals surface area (Å²) < 4.78 is 15.9. The zero-order chi connectivity index (χ0) is 24.5. The van der Waals surface area contributed by atoms with Crippen LogP contribution in [-0.2, 0) is 39.3 Å². The van der Waals surface area contributed by atoms with Crippen LogP contribution >= 0.6 is 0 Å². The second-order valence-corrected chi connectivity index (χ2v) is 7.43. The summed E-state index contributed by atoms with van der Waals surface area (Å²) in [6, 6.07) is 18.3. The number of rotatable bonds is 7. The predicted octanol–water partition coefficient (Wildman–Crippen LogP) is 5.35. The summed E-state index contributed by atoms with van der Waals surface area (Å²) in [7, 11) is 7.14. The Morgan fingerprint density at radius 3 is 2.26 bits per heavy atom. The van der Waals surface area contributed by atoms with Crippen LogP contribution in [0.3, 0.4) is 0 Å². The quantitative estimate of drug-likeness (QED) is 0.296. The van der Waals surface area contributed by atoms with Crippen molar-refractivity contribution in [2.24, 2.45) is 0 Å². The average Bonchev–Trinajstić information content (AvgIpc) is 2.85. The van der Waals surface area contributed by atoms with Crippen molar-refractivity contribution >= 4 is 22.3 Å². The van der Waals surface area contributed by atoms with Gasteiger partial charge in [0.2, 0.25) is 5.88 Å². The number of hydroxylamine groups is 1.